The highest BCUT2D eigenvalue weighted by Gasteiger charge is 2.17. The quantitative estimate of drug-likeness (QED) is 0.678. The standard InChI is InChI=1S/C14H28N2O3/c1-5-9-16(10-13(17)18)14(19)15-12(4)8-6-7-11(2)3/h11-12H,5-10H2,1-4H3,(H,15,19)(H,17,18). The minimum absolute atomic E-state index is 0.0828. The fourth-order valence-corrected chi connectivity index (χ4v) is 1.89. The van der Waals surface area contributed by atoms with E-state index in [1.54, 1.807) is 0 Å². The van der Waals surface area contributed by atoms with Gasteiger partial charge in [-0.05, 0) is 25.7 Å². The first-order chi connectivity index (χ1) is 8.86. The highest BCUT2D eigenvalue weighted by atomic mass is 16.4. The van der Waals surface area contributed by atoms with Crippen LogP contribution in [0.4, 0.5) is 4.79 Å². The molecular weight excluding hydrogens is 244 g/mol. The first-order valence-electron chi connectivity index (χ1n) is 7.14. The van der Waals surface area contributed by atoms with Gasteiger partial charge in [-0.3, -0.25) is 4.79 Å². The molecule has 5 nitrogen and oxygen atoms in total. The van der Waals surface area contributed by atoms with Crippen LogP contribution in [-0.4, -0.2) is 41.1 Å². The van der Waals surface area contributed by atoms with E-state index >= 15 is 0 Å². The molecule has 1 unspecified atom stereocenters. The van der Waals surface area contributed by atoms with E-state index in [9.17, 15) is 9.59 Å². The van der Waals surface area contributed by atoms with E-state index in [1.165, 1.54) is 4.90 Å². The Labute approximate surface area is 116 Å². The molecular formula is C14H28N2O3. The van der Waals surface area contributed by atoms with Crippen molar-refractivity contribution in [3.05, 3.63) is 0 Å². The lowest BCUT2D eigenvalue weighted by molar-refractivity contribution is -0.137. The molecule has 0 aromatic rings. The van der Waals surface area contributed by atoms with Gasteiger partial charge >= 0.3 is 12.0 Å². The molecule has 0 aliphatic rings. The summed E-state index contributed by atoms with van der Waals surface area (Å²) < 4.78 is 0. The van der Waals surface area contributed by atoms with Crippen molar-refractivity contribution in [3.63, 3.8) is 0 Å². The molecule has 0 aliphatic carbocycles. The van der Waals surface area contributed by atoms with Crippen LogP contribution < -0.4 is 5.32 Å². The third kappa shape index (κ3) is 9.33. The molecule has 19 heavy (non-hydrogen) atoms. The Morgan fingerprint density at radius 3 is 2.32 bits per heavy atom. The van der Waals surface area contributed by atoms with Gasteiger partial charge in [0.25, 0.3) is 0 Å². The van der Waals surface area contributed by atoms with Crippen molar-refractivity contribution >= 4 is 12.0 Å². The zero-order valence-corrected chi connectivity index (χ0v) is 12.6. The zero-order chi connectivity index (χ0) is 14.8. The van der Waals surface area contributed by atoms with Crippen molar-refractivity contribution in [1.29, 1.82) is 0 Å². The Morgan fingerprint density at radius 1 is 1.21 bits per heavy atom. The third-order valence-corrected chi connectivity index (χ3v) is 2.90. The van der Waals surface area contributed by atoms with Gasteiger partial charge in [-0.2, -0.15) is 0 Å². The summed E-state index contributed by atoms with van der Waals surface area (Å²) in [5, 5.41) is 11.6. The van der Waals surface area contributed by atoms with Gasteiger partial charge in [-0.15, -0.1) is 0 Å². The summed E-state index contributed by atoms with van der Waals surface area (Å²) >= 11 is 0. The first-order valence-corrected chi connectivity index (χ1v) is 7.14. The molecule has 0 aromatic carbocycles. The number of nitrogens with one attached hydrogen (secondary N) is 1. The van der Waals surface area contributed by atoms with Crippen LogP contribution in [0.1, 0.15) is 53.4 Å². The molecule has 1 atom stereocenters. The summed E-state index contributed by atoms with van der Waals surface area (Å²) in [5.74, 6) is -0.303. The van der Waals surface area contributed by atoms with Gasteiger partial charge < -0.3 is 15.3 Å². The number of carboxylic acid groups (broad SMARTS) is 1. The fourth-order valence-electron chi connectivity index (χ4n) is 1.89. The van der Waals surface area contributed by atoms with Crippen LogP contribution in [-0.2, 0) is 4.79 Å². The van der Waals surface area contributed by atoms with E-state index < -0.39 is 5.97 Å². The summed E-state index contributed by atoms with van der Waals surface area (Å²) in [6.45, 7) is 8.48. The molecule has 0 fully saturated rings. The second-order valence-corrected chi connectivity index (χ2v) is 5.49. The van der Waals surface area contributed by atoms with Crippen molar-refractivity contribution in [2.45, 2.75) is 59.4 Å². The Kier molecular flexibility index (Phi) is 9.00. The minimum atomic E-state index is -0.976. The second-order valence-electron chi connectivity index (χ2n) is 5.49. The number of hydrogen-bond acceptors (Lipinski definition) is 2. The van der Waals surface area contributed by atoms with Crippen LogP contribution in [0, 0.1) is 5.92 Å². The van der Waals surface area contributed by atoms with Crippen molar-refractivity contribution in [2.24, 2.45) is 5.92 Å². The van der Waals surface area contributed by atoms with Crippen LogP contribution in [0.15, 0.2) is 0 Å². The van der Waals surface area contributed by atoms with Gasteiger partial charge in [-0.25, -0.2) is 4.79 Å². The highest BCUT2D eigenvalue weighted by molar-refractivity contribution is 5.80. The summed E-state index contributed by atoms with van der Waals surface area (Å²) in [4.78, 5) is 24.0. The van der Waals surface area contributed by atoms with Crippen LogP contribution >= 0.6 is 0 Å². The van der Waals surface area contributed by atoms with E-state index in [0.717, 1.165) is 25.7 Å². The summed E-state index contributed by atoms with van der Waals surface area (Å²) in [5.41, 5.74) is 0. The lowest BCUT2D eigenvalue weighted by atomic mass is 10.0. The number of carbonyl (C=O) groups excluding carboxylic acids is 1. The van der Waals surface area contributed by atoms with Gasteiger partial charge in [0.2, 0.25) is 0 Å². The lowest BCUT2D eigenvalue weighted by Gasteiger charge is -2.23. The van der Waals surface area contributed by atoms with E-state index in [-0.39, 0.29) is 18.6 Å². The van der Waals surface area contributed by atoms with Crippen LogP contribution in [0.3, 0.4) is 0 Å². The smallest absolute Gasteiger partial charge is 0.323 e. The number of urea groups is 1. The summed E-state index contributed by atoms with van der Waals surface area (Å²) in [6, 6.07) is -0.194. The highest BCUT2D eigenvalue weighted by Crippen LogP contribution is 2.08. The molecule has 2 amide bonds. The van der Waals surface area contributed by atoms with Crippen LogP contribution in [0.2, 0.25) is 0 Å². The molecule has 0 heterocycles. The van der Waals surface area contributed by atoms with Crippen LogP contribution in [0.5, 0.6) is 0 Å². The Morgan fingerprint density at radius 2 is 1.84 bits per heavy atom. The normalized spacial score (nSPS) is 12.3. The number of hydrogen-bond donors (Lipinski definition) is 2. The second kappa shape index (κ2) is 9.64. The van der Waals surface area contributed by atoms with Gasteiger partial charge in [0.05, 0.1) is 0 Å². The Hall–Kier alpha value is -1.26. The maximum Gasteiger partial charge on any atom is 0.323 e. The predicted octanol–water partition coefficient (Wildman–Crippen LogP) is 2.71. The molecule has 0 aromatic heterocycles. The molecule has 5 heteroatoms. The number of rotatable bonds is 9. The van der Waals surface area contributed by atoms with E-state index in [0.29, 0.717) is 12.5 Å². The average molecular weight is 272 g/mol. The monoisotopic (exact) mass is 272 g/mol. The Bertz CT molecular complexity index is 280. The molecule has 0 saturated carbocycles. The predicted molar refractivity (Wildman–Crippen MR) is 76.2 cm³/mol. The van der Waals surface area contributed by atoms with Gasteiger partial charge in [-0.1, -0.05) is 33.6 Å². The summed E-state index contributed by atoms with van der Waals surface area (Å²) in [6.07, 6.45) is 3.90. The molecule has 2 N–H and O–H groups in total. The molecule has 0 bridgehead atoms. The van der Waals surface area contributed by atoms with Crippen LogP contribution in [0.25, 0.3) is 0 Å². The van der Waals surface area contributed by atoms with Gasteiger partial charge in [0, 0.05) is 12.6 Å². The number of aliphatic carboxylic acids is 1. The lowest BCUT2D eigenvalue weighted by Crippen LogP contribution is -2.46. The third-order valence-electron chi connectivity index (χ3n) is 2.90. The topological polar surface area (TPSA) is 69.6 Å². The van der Waals surface area contributed by atoms with Crippen molar-refractivity contribution in [1.82, 2.24) is 10.2 Å². The number of carboxylic acids is 1. The number of nitrogens with zero attached hydrogens (tertiary/aromatic N) is 1. The maximum atomic E-state index is 11.9. The maximum absolute atomic E-state index is 11.9. The van der Waals surface area contributed by atoms with Crippen molar-refractivity contribution in [3.8, 4) is 0 Å². The van der Waals surface area contributed by atoms with E-state index in [1.807, 2.05) is 13.8 Å². The number of amides is 2. The summed E-state index contributed by atoms with van der Waals surface area (Å²) in [7, 11) is 0. The van der Waals surface area contributed by atoms with Crippen molar-refractivity contribution < 1.29 is 14.7 Å². The van der Waals surface area contributed by atoms with Crippen molar-refractivity contribution in [2.75, 3.05) is 13.1 Å². The van der Waals surface area contributed by atoms with E-state index in [4.69, 9.17) is 5.11 Å². The zero-order valence-electron chi connectivity index (χ0n) is 12.6. The minimum Gasteiger partial charge on any atom is -0.480 e. The molecule has 0 saturated heterocycles. The SMILES string of the molecule is CCCN(CC(=O)O)C(=O)NC(C)CCCC(C)C. The van der Waals surface area contributed by atoms with Gasteiger partial charge in [0.15, 0.2) is 0 Å². The molecule has 112 valence electrons. The first kappa shape index (κ1) is 17.7. The van der Waals surface area contributed by atoms with Gasteiger partial charge in [0.1, 0.15) is 6.54 Å². The number of carbonyl (C=O) groups is 2. The average Bonchev–Trinajstić information content (AvgIpc) is 2.27. The fraction of sp³-hybridized carbons (Fsp3) is 0.857. The molecule has 0 spiro atoms. The molecule has 0 radical (unpaired) electrons. The largest absolute Gasteiger partial charge is 0.480 e. The molecule has 0 rings (SSSR count). The molecule has 0 aliphatic heterocycles. The Balaban J connectivity index is 4.11. The van der Waals surface area contributed by atoms with E-state index in [2.05, 4.69) is 19.2 Å².